The lowest BCUT2D eigenvalue weighted by Crippen LogP contribution is -2.12. The number of anilines is 2. The maximum absolute atomic E-state index is 14.4. The van der Waals surface area contributed by atoms with Crippen molar-refractivity contribution in [1.82, 2.24) is 19.7 Å². The lowest BCUT2D eigenvalue weighted by molar-refractivity contribution is -0.114. The SMILES string of the molecule is CC(=O)Nc1ccc(-c2csc(NC(=O)c3ccc(-n4cccn4)nc3)n2)c(F)c1. The number of hydrogen-bond acceptors (Lipinski definition) is 6. The van der Waals surface area contributed by atoms with Gasteiger partial charge in [-0.15, -0.1) is 11.3 Å². The van der Waals surface area contributed by atoms with Crippen LogP contribution in [0.2, 0.25) is 0 Å². The van der Waals surface area contributed by atoms with Gasteiger partial charge in [-0.3, -0.25) is 14.9 Å². The molecule has 3 aromatic heterocycles. The predicted octanol–water partition coefficient (Wildman–Crippen LogP) is 3.74. The van der Waals surface area contributed by atoms with Crippen molar-refractivity contribution in [1.29, 1.82) is 0 Å². The summed E-state index contributed by atoms with van der Waals surface area (Å²) in [4.78, 5) is 32.0. The number of amides is 2. The average Bonchev–Trinajstić information content (AvgIpc) is 3.40. The normalized spacial score (nSPS) is 10.6. The number of pyridine rings is 1. The minimum Gasteiger partial charge on any atom is -0.326 e. The first-order valence-corrected chi connectivity index (χ1v) is 9.68. The van der Waals surface area contributed by atoms with Crippen LogP contribution in [-0.4, -0.2) is 31.6 Å². The first-order valence-electron chi connectivity index (χ1n) is 8.80. The van der Waals surface area contributed by atoms with E-state index in [2.05, 4.69) is 25.7 Å². The van der Waals surface area contributed by atoms with Gasteiger partial charge in [-0.2, -0.15) is 5.10 Å². The zero-order chi connectivity index (χ0) is 21.1. The molecule has 10 heteroatoms. The molecule has 0 aliphatic rings. The Morgan fingerprint density at radius 2 is 2.03 bits per heavy atom. The average molecular weight is 422 g/mol. The van der Waals surface area contributed by atoms with Gasteiger partial charge in [-0.25, -0.2) is 19.0 Å². The quantitative estimate of drug-likeness (QED) is 0.510. The Morgan fingerprint density at radius 1 is 1.17 bits per heavy atom. The Kier molecular flexibility index (Phi) is 5.31. The Morgan fingerprint density at radius 3 is 2.70 bits per heavy atom. The summed E-state index contributed by atoms with van der Waals surface area (Å²) in [7, 11) is 0. The second kappa shape index (κ2) is 8.21. The van der Waals surface area contributed by atoms with Crippen molar-refractivity contribution in [2.75, 3.05) is 10.6 Å². The van der Waals surface area contributed by atoms with Gasteiger partial charge in [0.2, 0.25) is 5.91 Å². The summed E-state index contributed by atoms with van der Waals surface area (Å²) in [5.74, 6) is -0.598. The largest absolute Gasteiger partial charge is 0.326 e. The highest BCUT2D eigenvalue weighted by Gasteiger charge is 2.14. The second-order valence-corrected chi connectivity index (χ2v) is 7.08. The molecule has 0 spiro atoms. The van der Waals surface area contributed by atoms with Crippen LogP contribution in [0.1, 0.15) is 17.3 Å². The minimum absolute atomic E-state index is 0.270. The Balaban J connectivity index is 1.47. The van der Waals surface area contributed by atoms with Crippen LogP contribution in [0.4, 0.5) is 15.2 Å². The van der Waals surface area contributed by atoms with Crippen LogP contribution in [0.3, 0.4) is 0 Å². The van der Waals surface area contributed by atoms with Crippen molar-refractivity contribution in [2.24, 2.45) is 0 Å². The summed E-state index contributed by atoms with van der Waals surface area (Å²) in [6.45, 7) is 1.35. The Hall–Kier alpha value is -3.92. The van der Waals surface area contributed by atoms with Crippen LogP contribution in [0.5, 0.6) is 0 Å². The molecule has 0 radical (unpaired) electrons. The summed E-state index contributed by atoms with van der Waals surface area (Å²) >= 11 is 1.18. The smallest absolute Gasteiger partial charge is 0.259 e. The van der Waals surface area contributed by atoms with E-state index in [1.54, 1.807) is 46.7 Å². The van der Waals surface area contributed by atoms with E-state index in [1.165, 1.54) is 36.6 Å². The fourth-order valence-corrected chi connectivity index (χ4v) is 3.39. The third-order valence-corrected chi connectivity index (χ3v) is 4.80. The van der Waals surface area contributed by atoms with Crippen molar-refractivity contribution in [3.05, 3.63) is 71.7 Å². The topological polar surface area (TPSA) is 102 Å². The van der Waals surface area contributed by atoms with Crippen LogP contribution in [-0.2, 0) is 4.79 Å². The van der Waals surface area contributed by atoms with E-state index in [-0.39, 0.29) is 17.4 Å². The number of nitrogens with zero attached hydrogens (tertiary/aromatic N) is 4. The number of rotatable bonds is 5. The van der Waals surface area contributed by atoms with E-state index in [4.69, 9.17) is 0 Å². The van der Waals surface area contributed by atoms with E-state index in [1.807, 2.05) is 0 Å². The van der Waals surface area contributed by atoms with Crippen LogP contribution in [0.15, 0.2) is 60.4 Å². The molecule has 30 heavy (non-hydrogen) atoms. The Labute approximate surface area is 174 Å². The van der Waals surface area contributed by atoms with E-state index in [0.29, 0.717) is 27.9 Å². The first kappa shape index (κ1) is 19.4. The molecule has 0 unspecified atom stereocenters. The number of carbonyl (C=O) groups is 2. The molecule has 0 saturated heterocycles. The summed E-state index contributed by atoms with van der Waals surface area (Å²) in [6.07, 6.45) is 4.83. The van der Waals surface area contributed by atoms with Gasteiger partial charge in [-0.1, -0.05) is 0 Å². The maximum atomic E-state index is 14.4. The third-order valence-electron chi connectivity index (χ3n) is 4.04. The van der Waals surface area contributed by atoms with Crippen LogP contribution in [0, 0.1) is 5.82 Å². The molecule has 1 aromatic carbocycles. The molecule has 2 N–H and O–H groups in total. The summed E-state index contributed by atoms with van der Waals surface area (Å²) in [5.41, 5.74) is 1.37. The monoisotopic (exact) mass is 422 g/mol. The standard InChI is InChI=1S/C20H15FN6O2S/c1-12(28)24-14-4-5-15(16(21)9-14)17-11-30-20(25-17)26-19(29)13-3-6-18(22-10-13)27-8-2-7-23-27/h2-11H,1H3,(H,24,28)(H,25,26,29). The predicted molar refractivity (Wildman–Crippen MR) is 111 cm³/mol. The zero-order valence-electron chi connectivity index (χ0n) is 15.7. The van der Waals surface area contributed by atoms with E-state index in [9.17, 15) is 14.0 Å². The van der Waals surface area contributed by atoms with Gasteiger partial charge < -0.3 is 5.32 Å². The van der Waals surface area contributed by atoms with Crippen molar-refractivity contribution in [3.63, 3.8) is 0 Å². The van der Waals surface area contributed by atoms with E-state index >= 15 is 0 Å². The highest BCUT2D eigenvalue weighted by molar-refractivity contribution is 7.14. The summed E-state index contributed by atoms with van der Waals surface area (Å²) < 4.78 is 16.0. The molecule has 3 heterocycles. The van der Waals surface area contributed by atoms with Crippen molar-refractivity contribution < 1.29 is 14.0 Å². The van der Waals surface area contributed by atoms with Crippen molar-refractivity contribution in [2.45, 2.75) is 6.92 Å². The lowest BCUT2D eigenvalue weighted by Gasteiger charge is -2.05. The van der Waals surface area contributed by atoms with Gasteiger partial charge in [0.25, 0.3) is 5.91 Å². The third kappa shape index (κ3) is 4.23. The number of carbonyl (C=O) groups excluding carboxylic acids is 2. The van der Waals surface area contributed by atoms with Gasteiger partial charge in [0.15, 0.2) is 10.9 Å². The van der Waals surface area contributed by atoms with E-state index < -0.39 is 5.82 Å². The van der Waals surface area contributed by atoms with Crippen LogP contribution < -0.4 is 10.6 Å². The summed E-state index contributed by atoms with van der Waals surface area (Å²) in [5, 5.41) is 11.3. The molecule has 4 aromatic rings. The Bertz CT molecular complexity index is 1200. The molecule has 4 rings (SSSR count). The molecule has 2 amide bonds. The number of thiazole rings is 1. The fourth-order valence-electron chi connectivity index (χ4n) is 2.69. The fraction of sp³-hybridized carbons (Fsp3) is 0.0500. The van der Waals surface area contributed by atoms with Crippen molar-refractivity contribution >= 4 is 34.0 Å². The molecule has 8 nitrogen and oxygen atoms in total. The van der Waals surface area contributed by atoms with Gasteiger partial charge in [0.05, 0.1) is 11.3 Å². The van der Waals surface area contributed by atoms with Gasteiger partial charge in [0, 0.05) is 42.1 Å². The minimum atomic E-state index is -0.525. The molecule has 0 aliphatic heterocycles. The zero-order valence-corrected chi connectivity index (χ0v) is 16.5. The lowest BCUT2D eigenvalue weighted by atomic mass is 10.1. The van der Waals surface area contributed by atoms with Crippen LogP contribution in [0.25, 0.3) is 17.1 Å². The second-order valence-electron chi connectivity index (χ2n) is 6.22. The molecule has 0 saturated carbocycles. The molecule has 0 bridgehead atoms. The van der Waals surface area contributed by atoms with Crippen molar-refractivity contribution in [3.8, 4) is 17.1 Å². The highest BCUT2D eigenvalue weighted by Crippen LogP contribution is 2.29. The number of nitrogens with one attached hydrogen (secondary N) is 2. The number of aromatic nitrogens is 4. The number of benzene rings is 1. The van der Waals surface area contributed by atoms with Crippen LogP contribution >= 0.6 is 11.3 Å². The molecular weight excluding hydrogens is 407 g/mol. The molecular formula is C20H15FN6O2S. The van der Waals surface area contributed by atoms with E-state index in [0.717, 1.165) is 0 Å². The highest BCUT2D eigenvalue weighted by atomic mass is 32.1. The molecule has 0 aliphatic carbocycles. The summed E-state index contributed by atoms with van der Waals surface area (Å²) in [6, 6.07) is 9.43. The molecule has 0 atom stereocenters. The van der Waals surface area contributed by atoms with Gasteiger partial charge in [-0.05, 0) is 36.4 Å². The van der Waals surface area contributed by atoms with Gasteiger partial charge in [0.1, 0.15) is 5.82 Å². The number of halogens is 1. The number of hydrogen-bond donors (Lipinski definition) is 2. The maximum Gasteiger partial charge on any atom is 0.259 e. The first-order chi connectivity index (χ1) is 14.5. The molecule has 150 valence electrons. The van der Waals surface area contributed by atoms with Gasteiger partial charge >= 0.3 is 0 Å². The molecule has 0 fully saturated rings.